The molecular weight excluding hydrogens is 367 g/mol. The molecule has 0 bridgehead atoms. The van der Waals surface area contributed by atoms with E-state index in [1.54, 1.807) is 11.8 Å². The van der Waals surface area contributed by atoms with Crippen LogP contribution in [0.25, 0.3) is 0 Å². The molecule has 24 heavy (non-hydrogen) atoms. The van der Waals surface area contributed by atoms with Gasteiger partial charge in [-0.2, -0.15) is 4.31 Å². The Labute approximate surface area is 142 Å². The molecule has 0 aromatic heterocycles. The van der Waals surface area contributed by atoms with E-state index >= 15 is 0 Å². The van der Waals surface area contributed by atoms with Crippen LogP contribution in [0.3, 0.4) is 0 Å². The van der Waals surface area contributed by atoms with Crippen LogP contribution in [-0.4, -0.2) is 49.5 Å². The zero-order valence-corrected chi connectivity index (χ0v) is 14.2. The Kier molecular flexibility index (Phi) is 4.75. The van der Waals surface area contributed by atoms with Crippen LogP contribution < -0.4 is 4.74 Å². The summed E-state index contributed by atoms with van der Waals surface area (Å²) in [6.07, 6.45) is -3.60. The lowest BCUT2D eigenvalue weighted by Gasteiger charge is -2.37. The maximum absolute atomic E-state index is 12.6. The summed E-state index contributed by atoms with van der Waals surface area (Å²) in [5.74, 6) is 0.461. The number of benzene rings is 1. The molecule has 0 aliphatic carbocycles. The van der Waals surface area contributed by atoms with Gasteiger partial charge in [-0.1, -0.05) is 0 Å². The Bertz CT molecular complexity index is 675. The third kappa shape index (κ3) is 3.81. The highest BCUT2D eigenvalue weighted by atomic mass is 32.2. The molecule has 3 rings (SSSR count). The minimum Gasteiger partial charge on any atom is -0.406 e. The molecule has 2 heterocycles. The summed E-state index contributed by atoms with van der Waals surface area (Å²) in [7, 11) is -3.74. The molecule has 0 atom stereocenters. The van der Waals surface area contributed by atoms with E-state index in [0.29, 0.717) is 32.5 Å². The molecule has 0 saturated carbocycles. The Hall–Kier alpha value is -0.970. The van der Waals surface area contributed by atoms with Gasteiger partial charge in [-0.05, 0) is 37.1 Å². The van der Waals surface area contributed by atoms with Crippen molar-refractivity contribution < 1.29 is 31.1 Å². The highest BCUT2D eigenvalue weighted by Gasteiger charge is 2.42. The lowest BCUT2D eigenvalue weighted by molar-refractivity contribution is -0.274. The first-order chi connectivity index (χ1) is 11.2. The average molecular weight is 383 g/mol. The predicted molar refractivity (Wildman–Crippen MR) is 82.3 cm³/mol. The van der Waals surface area contributed by atoms with Gasteiger partial charge in [0.1, 0.15) is 10.7 Å². The predicted octanol–water partition coefficient (Wildman–Crippen LogP) is 2.83. The second-order valence-electron chi connectivity index (χ2n) is 5.53. The number of ether oxygens (including phenoxy) is 2. The number of sulfonamides is 1. The number of piperidine rings is 1. The van der Waals surface area contributed by atoms with Crippen LogP contribution in [-0.2, 0) is 14.8 Å². The number of hydrogen-bond acceptors (Lipinski definition) is 5. The summed E-state index contributed by atoms with van der Waals surface area (Å²) in [4.78, 5) is -0.330. The van der Waals surface area contributed by atoms with Gasteiger partial charge in [-0.15, -0.1) is 24.9 Å². The molecule has 1 aromatic carbocycles. The number of alkyl halides is 3. The van der Waals surface area contributed by atoms with E-state index in [9.17, 15) is 21.6 Å². The summed E-state index contributed by atoms with van der Waals surface area (Å²) in [5.41, 5.74) is 0. The van der Waals surface area contributed by atoms with Gasteiger partial charge in [0, 0.05) is 18.8 Å². The van der Waals surface area contributed by atoms with Gasteiger partial charge in [-0.25, -0.2) is 8.42 Å². The van der Waals surface area contributed by atoms with E-state index in [1.807, 2.05) is 0 Å². The van der Waals surface area contributed by atoms with Crippen LogP contribution in [0.5, 0.6) is 5.75 Å². The van der Waals surface area contributed by atoms with Crippen LogP contribution >= 0.6 is 11.8 Å². The Morgan fingerprint density at radius 3 is 2.29 bits per heavy atom. The fraction of sp³-hybridized carbons (Fsp3) is 0.571. The van der Waals surface area contributed by atoms with E-state index in [2.05, 4.69) is 4.74 Å². The molecule has 1 aromatic rings. The average Bonchev–Trinajstić information content (AvgIpc) is 2.95. The van der Waals surface area contributed by atoms with Crippen LogP contribution in [0.4, 0.5) is 13.2 Å². The van der Waals surface area contributed by atoms with Gasteiger partial charge in [0.05, 0.1) is 11.5 Å². The third-order valence-corrected chi connectivity index (χ3v) is 7.33. The number of thioether (sulfide) groups is 1. The monoisotopic (exact) mass is 383 g/mol. The second kappa shape index (κ2) is 6.40. The lowest BCUT2D eigenvalue weighted by Crippen LogP contribution is -2.44. The fourth-order valence-corrected chi connectivity index (χ4v) is 5.43. The van der Waals surface area contributed by atoms with E-state index < -0.39 is 22.1 Å². The van der Waals surface area contributed by atoms with Crippen molar-refractivity contribution >= 4 is 21.8 Å². The van der Waals surface area contributed by atoms with Crippen LogP contribution in [0.2, 0.25) is 0 Å². The summed E-state index contributed by atoms with van der Waals surface area (Å²) < 4.78 is 72.5. The van der Waals surface area contributed by atoms with Crippen LogP contribution in [0.15, 0.2) is 29.2 Å². The molecule has 0 N–H and O–H groups in total. The maximum Gasteiger partial charge on any atom is 0.573 e. The first kappa shape index (κ1) is 17.8. The van der Waals surface area contributed by atoms with Gasteiger partial charge in [0.25, 0.3) is 0 Å². The van der Waals surface area contributed by atoms with E-state index in [1.165, 1.54) is 4.31 Å². The lowest BCUT2D eigenvalue weighted by atomic mass is 10.1. The molecule has 0 radical (unpaired) electrons. The first-order valence-electron chi connectivity index (χ1n) is 7.34. The number of hydrogen-bond donors (Lipinski definition) is 0. The van der Waals surface area contributed by atoms with Crippen molar-refractivity contribution in [1.82, 2.24) is 4.31 Å². The maximum atomic E-state index is 12.6. The smallest absolute Gasteiger partial charge is 0.406 e. The normalized spacial score (nSPS) is 22.0. The molecule has 1 spiro atoms. The van der Waals surface area contributed by atoms with Crippen LogP contribution in [0, 0.1) is 0 Å². The van der Waals surface area contributed by atoms with Crippen molar-refractivity contribution in [3.63, 3.8) is 0 Å². The third-order valence-electron chi connectivity index (χ3n) is 3.99. The Balaban J connectivity index is 1.69. The molecule has 10 heteroatoms. The highest BCUT2D eigenvalue weighted by Crippen LogP contribution is 2.42. The molecule has 0 amide bonds. The highest BCUT2D eigenvalue weighted by molar-refractivity contribution is 8.00. The number of nitrogens with zero attached hydrogens (tertiary/aromatic N) is 1. The number of halogens is 3. The van der Waals surface area contributed by atoms with Crippen molar-refractivity contribution in [2.45, 2.75) is 29.0 Å². The molecule has 0 unspecified atom stereocenters. The summed E-state index contributed by atoms with van der Waals surface area (Å²) in [6, 6.07) is 4.26. The zero-order chi connectivity index (χ0) is 17.4. The van der Waals surface area contributed by atoms with Gasteiger partial charge in [0.15, 0.2) is 0 Å². The molecule has 2 aliphatic rings. The molecule has 134 valence electrons. The van der Waals surface area contributed by atoms with Gasteiger partial charge in [-0.3, -0.25) is 0 Å². The molecule has 2 fully saturated rings. The first-order valence-corrected chi connectivity index (χ1v) is 9.77. The summed E-state index contributed by atoms with van der Waals surface area (Å²) >= 11 is 1.71. The largest absolute Gasteiger partial charge is 0.573 e. The van der Waals surface area contributed by atoms with Gasteiger partial charge < -0.3 is 9.47 Å². The fourth-order valence-electron chi connectivity index (χ4n) is 2.82. The molecule has 2 aliphatic heterocycles. The molecule has 2 saturated heterocycles. The van der Waals surface area contributed by atoms with Gasteiger partial charge in [0.2, 0.25) is 10.0 Å². The Morgan fingerprint density at radius 1 is 1.17 bits per heavy atom. The standard InChI is InChI=1S/C14H16F3NO4S2/c15-14(16,17)22-11-1-3-12(4-2-11)24(19,20)18-7-5-13(6-8-18)21-9-10-23-13/h1-4H,5-10H2. The minimum absolute atomic E-state index is 0.0482. The topological polar surface area (TPSA) is 55.8 Å². The quantitative estimate of drug-likeness (QED) is 0.803. The summed E-state index contributed by atoms with van der Waals surface area (Å²) in [5, 5.41) is 0. The van der Waals surface area contributed by atoms with Crippen molar-refractivity contribution in [3.8, 4) is 5.75 Å². The Morgan fingerprint density at radius 2 is 1.79 bits per heavy atom. The van der Waals surface area contributed by atoms with Crippen molar-refractivity contribution in [2.24, 2.45) is 0 Å². The van der Waals surface area contributed by atoms with E-state index in [4.69, 9.17) is 4.74 Å². The molecule has 5 nitrogen and oxygen atoms in total. The van der Waals surface area contributed by atoms with Crippen molar-refractivity contribution in [1.29, 1.82) is 0 Å². The van der Waals surface area contributed by atoms with Crippen molar-refractivity contribution in [2.75, 3.05) is 25.4 Å². The van der Waals surface area contributed by atoms with Crippen LogP contribution in [0.1, 0.15) is 12.8 Å². The minimum atomic E-state index is -4.81. The zero-order valence-electron chi connectivity index (χ0n) is 12.6. The SMILES string of the molecule is O=S(=O)(c1ccc(OC(F)(F)F)cc1)N1CCC2(CC1)OCCS2. The van der Waals surface area contributed by atoms with E-state index in [0.717, 1.165) is 30.0 Å². The number of rotatable bonds is 3. The second-order valence-corrected chi connectivity index (χ2v) is 8.91. The van der Waals surface area contributed by atoms with Crippen molar-refractivity contribution in [3.05, 3.63) is 24.3 Å². The van der Waals surface area contributed by atoms with E-state index in [-0.39, 0.29) is 9.83 Å². The molecular formula is C14H16F3NO4S2. The summed E-state index contributed by atoms with van der Waals surface area (Å²) in [6.45, 7) is 1.34. The van der Waals surface area contributed by atoms with Gasteiger partial charge >= 0.3 is 6.36 Å².